The smallest absolute Gasteiger partial charge is 0.323 e. The first-order valence-corrected chi connectivity index (χ1v) is 10.7. The highest BCUT2D eigenvalue weighted by Crippen LogP contribution is 2.30. The van der Waals surface area contributed by atoms with Crippen molar-refractivity contribution in [2.75, 3.05) is 5.32 Å². The van der Waals surface area contributed by atoms with Gasteiger partial charge in [0.05, 0.1) is 5.69 Å². The first kappa shape index (κ1) is 19.2. The summed E-state index contributed by atoms with van der Waals surface area (Å²) >= 11 is 1.59. The van der Waals surface area contributed by atoms with Gasteiger partial charge in [-0.25, -0.2) is 4.98 Å². The number of thiazole rings is 1. The number of carbonyl (C=O) groups excluding carboxylic acids is 2. The average Bonchev–Trinajstić information content (AvgIpc) is 3.30. The molecule has 0 fully saturated rings. The van der Waals surface area contributed by atoms with E-state index in [1.165, 1.54) is 0 Å². The van der Waals surface area contributed by atoms with Gasteiger partial charge in [0.25, 0.3) is 0 Å². The molecular weight excluding hydrogens is 408 g/mol. The van der Waals surface area contributed by atoms with E-state index < -0.39 is 23.9 Å². The summed E-state index contributed by atoms with van der Waals surface area (Å²) in [6, 6.07) is 17.5. The maximum absolute atomic E-state index is 12.7. The summed E-state index contributed by atoms with van der Waals surface area (Å²) in [5, 5.41) is 5.78. The number of aromatic nitrogens is 1. The SMILES string of the molecule is O=C(Nc1ccc(-c2csc(-c3ccccc3)n2)cc1)C1C=C2C=CC=CC2OC1=O. The molecule has 0 radical (unpaired) electrons. The third kappa shape index (κ3) is 3.98. The lowest BCUT2D eigenvalue weighted by atomic mass is 9.95. The molecule has 152 valence electrons. The van der Waals surface area contributed by atoms with Gasteiger partial charge >= 0.3 is 5.97 Å². The van der Waals surface area contributed by atoms with Crippen molar-refractivity contribution < 1.29 is 14.3 Å². The summed E-state index contributed by atoms with van der Waals surface area (Å²) in [6.45, 7) is 0. The zero-order valence-electron chi connectivity index (χ0n) is 16.4. The van der Waals surface area contributed by atoms with Gasteiger partial charge in [0.2, 0.25) is 5.91 Å². The van der Waals surface area contributed by atoms with E-state index in [0.29, 0.717) is 5.69 Å². The minimum Gasteiger partial charge on any atom is -0.452 e. The second-order valence-corrected chi connectivity index (χ2v) is 8.07. The molecule has 1 aromatic heterocycles. The highest BCUT2D eigenvalue weighted by atomic mass is 32.1. The summed E-state index contributed by atoms with van der Waals surface area (Å²) in [5.41, 5.74) is 4.35. The van der Waals surface area contributed by atoms with Gasteiger partial charge in [-0.3, -0.25) is 9.59 Å². The first-order chi connectivity index (χ1) is 15.2. The van der Waals surface area contributed by atoms with Crippen LogP contribution in [0.2, 0.25) is 0 Å². The quantitative estimate of drug-likeness (QED) is 0.470. The number of amides is 1. The minimum atomic E-state index is -0.964. The molecule has 0 bridgehead atoms. The van der Waals surface area contributed by atoms with Gasteiger partial charge in [-0.15, -0.1) is 11.3 Å². The van der Waals surface area contributed by atoms with Crippen molar-refractivity contribution in [1.29, 1.82) is 0 Å². The maximum Gasteiger partial charge on any atom is 0.323 e. The lowest BCUT2D eigenvalue weighted by Crippen LogP contribution is -2.36. The molecule has 0 spiro atoms. The summed E-state index contributed by atoms with van der Waals surface area (Å²) in [4.78, 5) is 29.6. The summed E-state index contributed by atoms with van der Waals surface area (Å²) in [6.07, 6.45) is 8.58. The fraction of sp³-hybridized carbons (Fsp3) is 0.0800. The van der Waals surface area contributed by atoms with Gasteiger partial charge in [-0.2, -0.15) is 0 Å². The molecule has 1 amide bonds. The van der Waals surface area contributed by atoms with Crippen molar-refractivity contribution >= 4 is 28.9 Å². The largest absolute Gasteiger partial charge is 0.452 e. The van der Waals surface area contributed by atoms with Crippen LogP contribution in [0, 0.1) is 5.92 Å². The second-order valence-electron chi connectivity index (χ2n) is 7.22. The summed E-state index contributed by atoms with van der Waals surface area (Å²) < 4.78 is 5.36. The fourth-order valence-electron chi connectivity index (χ4n) is 3.50. The summed E-state index contributed by atoms with van der Waals surface area (Å²) in [5.74, 6) is -1.92. The van der Waals surface area contributed by atoms with Crippen molar-refractivity contribution in [3.05, 3.63) is 95.9 Å². The van der Waals surface area contributed by atoms with Crippen LogP contribution >= 0.6 is 11.3 Å². The Balaban J connectivity index is 1.29. The average molecular weight is 426 g/mol. The van der Waals surface area contributed by atoms with Crippen LogP contribution in [0.3, 0.4) is 0 Å². The van der Waals surface area contributed by atoms with Gasteiger partial charge in [0.1, 0.15) is 11.1 Å². The molecular formula is C25H18N2O3S. The molecule has 5 rings (SSSR count). The standard InChI is InChI=1S/C25H18N2O3S/c28-23(20-14-18-8-4-5-9-22(18)30-25(20)29)26-19-12-10-16(11-13-19)21-15-31-24(27-21)17-6-2-1-3-7-17/h1-15,20,22H,(H,26,28). The normalized spacial score (nSPS) is 19.4. The lowest BCUT2D eigenvalue weighted by Gasteiger charge is -2.26. The van der Waals surface area contributed by atoms with Crippen LogP contribution in [0.25, 0.3) is 21.8 Å². The van der Waals surface area contributed by atoms with E-state index in [2.05, 4.69) is 5.32 Å². The lowest BCUT2D eigenvalue weighted by molar-refractivity contribution is -0.152. The third-order valence-electron chi connectivity index (χ3n) is 5.13. The van der Waals surface area contributed by atoms with Crippen molar-refractivity contribution in [1.82, 2.24) is 4.98 Å². The van der Waals surface area contributed by atoms with Crippen LogP contribution in [-0.4, -0.2) is 23.0 Å². The first-order valence-electron chi connectivity index (χ1n) is 9.87. The molecule has 0 saturated carbocycles. The van der Waals surface area contributed by atoms with E-state index >= 15 is 0 Å². The number of fused-ring (bicyclic) bond motifs is 1. The molecule has 0 saturated heterocycles. The Morgan fingerprint density at radius 1 is 1.00 bits per heavy atom. The number of anilines is 1. The Labute approximate surface area is 183 Å². The predicted molar refractivity (Wildman–Crippen MR) is 121 cm³/mol. The highest BCUT2D eigenvalue weighted by Gasteiger charge is 2.34. The fourth-order valence-corrected chi connectivity index (χ4v) is 4.34. The molecule has 1 aliphatic carbocycles. The van der Waals surface area contributed by atoms with Gasteiger partial charge in [-0.1, -0.05) is 66.8 Å². The van der Waals surface area contributed by atoms with Crippen molar-refractivity contribution in [3.63, 3.8) is 0 Å². The number of ether oxygens (including phenoxy) is 1. The zero-order chi connectivity index (χ0) is 21.2. The van der Waals surface area contributed by atoms with E-state index in [4.69, 9.17) is 9.72 Å². The molecule has 1 N–H and O–H groups in total. The zero-order valence-corrected chi connectivity index (χ0v) is 17.2. The molecule has 2 aromatic carbocycles. The van der Waals surface area contributed by atoms with Crippen LogP contribution in [0.15, 0.2) is 95.9 Å². The number of carbonyl (C=O) groups is 2. The molecule has 3 aromatic rings. The van der Waals surface area contributed by atoms with E-state index in [1.807, 2.05) is 78.2 Å². The van der Waals surface area contributed by atoms with Gasteiger partial charge in [-0.05, 0) is 23.8 Å². The molecule has 2 heterocycles. The number of allylic oxidation sites excluding steroid dienone is 2. The van der Waals surface area contributed by atoms with Gasteiger partial charge < -0.3 is 10.1 Å². The van der Waals surface area contributed by atoms with Crippen molar-refractivity contribution in [3.8, 4) is 21.8 Å². The molecule has 31 heavy (non-hydrogen) atoms. The second kappa shape index (κ2) is 8.16. The van der Waals surface area contributed by atoms with Crippen LogP contribution < -0.4 is 5.32 Å². The molecule has 1 aliphatic heterocycles. The van der Waals surface area contributed by atoms with E-state index in [-0.39, 0.29) is 0 Å². The van der Waals surface area contributed by atoms with E-state index in [1.54, 1.807) is 23.5 Å². The molecule has 2 unspecified atom stereocenters. The molecule has 2 atom stereocenters. The number of benzene rings is 2. The number of nitrogens with one attached hydrogen (secondary N) is 1. The van der Waals surface area contributed by atoms with Crippen LogP contribution in [0.5, 0.6) is 0 Å². The topological polar surface area (TPSA) is 68.3 Å². The number of hydrogen-bond acceptors (Lipinski definition) is 5. The predicted octanol–water partition coefficient (Wildman–Crippen LogP) is 5.01. The van der Waals surface area contributed by atoms with Crippen LogP contribution in [0.4, 0.5) is 5.69 Å². The van der Waals surface area contributed by atoms with Crippen molar-refractivity contribution in [2.24, 2.45) is 5.92 Å². The highest BCUT2D eigenvalue weighted by molar-refractivity contribution is 7.13. The molecule has 2 aliphatic rings. The maximum atomic E-state index is 12.7. The Hall–Kier alpha value is -3.77. The van der Waals surface area contributed by atoms with E-state index in [0.717, 1.165) is 27.4 Å². The Bertz CT molecular complexity index is 1220. The monoisotopic (exact) mass is 426 g/mol. The van der Waals surface area contributed by atoms with Gasteiger partial charge in [0.15, 0.2) is 5.92 Å². The van der Waals surface area contributed by atoms with Crippen molar-refractivity contribution in [2.45, 2.75) is 6.10 Å². The van der Waals surface area contributed by atoms with E-state index in [9.17, 15) is 9.59 Å². The number of esters is 1. The third-order valence-corrected chi connectivity index (χ3v) is 6.02. The Morgan fingerprint density at radius 3 is 2.61 bits per heavy atom. The number of rotatable bonds is 4. The van der Waals surface area contributed by atoms with Crippen LogP contribution in [0.1, 0.15) is 0 Å². The Morgan fingerprint density at radius 2 is 1.81 bits per heavy atom. The van der Waals surface area contributed by atoms with Gasteiger partial charge in [0, 0.05) is 22.2 Å². The Kier molecular flexibility index (Phi) is 5.06. The minimum absolute atomic E-state index is 0.403. The molecule has 5 nitrogen and oxygen atoms in total. The molecule has 6 heteroatoms. The number of hydrogen-bond donors (Lipinski definition) is 1. The number of nitrogens with zero attached hydrogens (tertiary/aromatic N) is 1. The van der Waals surface area contributed by atoms with Crippen LogP contribution in [-0.2, 0) is 14.3 Å². The summed E-state index contributed by atoms with van der Waals surface area (Å²) in [7, 11) is 0.